The SMILES string of the molecule is CN(C)c1ccc([C@@H]2C(=C(O)c3ccc(Cl)cc3)C(=O)C(=O)N2CCCN2CCOCC2)cc1. The molecule has 0 spiro atoms. The van der Waals surface area contributed by atoms with E-state index in [0.29, 0.717) is 30.3 Å². The Morgan fingerprint density at radius 3 is 2.29 bits per heavy atom. The number of carbonyl (C=O) groups is 2. The van der Waals surface area contributed by atoms with Crippen molar-refractivity contribution in [2.75, 3.05) is 58.4 Å². The number of aliphatic hydroxyl groups is 1. The van der Waals surface area contributed by atoms with Crippen molar-refractivity contribution in [3.63, 3.8) is 0 Å². The molecule has 2 aromatic rings. The fraction of sp³-hybridized carbons (Fsp3) is 0.385. The average molecular weight is 484 g/mol. The summed E-state index contributed by atoms with van der Waals surface area (Å²) in [6.45, 7) is 4.39. The lowest BCUT2D eigenvalue weighted by Gasteiger charge is -2.29. The van der Waals surface area contributed by atoms with Crippen LogP contribution < -0.4 is 4.90 Å². The van der Waals surface area contributed by atoms with Crippen LogP contribution in [0.15, 0.2) is 54.1 Å². The standard InChI is InChI=1S/C26H30ClN3O4/c1-28(2)21-10-6-18(7-11-21)23-22(24(31)19-4-8-20(27)9-5-19)25(32)26(33)30(23)13-3-12-29-14-16-34-17-15-29/h4-11,23,31H,3,12-17H2,1-2H3/t23-/m1/s1. The Morgan fingerprint density at radius 2 is 1.68 bits per heavy atom. The highest BCUT2D eigenvalue weighted by atomic mass is 35.5. The summed E-state index contributed by atoms with van der Waals surface area (Å²) in [7, 11) is 3.90. The normalized spacial score (nSPS) is 20.7. The number of anilines is 1. The van der Waals surface area contributed by atoms with Gasteiger partial charge in [0.25, 0.3) is 11.7 Å². The summed E-state index contributed by atoms with van der Waals surface area (Å²) in [6, 6.07) is 13.7. The van der Waals surface area contributed by atoms with Crippen LogP contribution in [0.1, 0.15) is 23.6 Å². The van der Waals surface area contributed by atoms with Gasteiger partial charge in [-0.05, 0) is 48.4 Å². The zero-order chi connectivity index (χ0) is 24.2. The van der Waals surface area contributed by atoms with Crippen LogP contribution in [0, 0.1) is 0 Å². The van der Waals surface area contributed by atoms with E-state index in [1.165, 1.54) is 0 Å². The lowest BCUT2D eigenvalue weighted by molar-refractivity contribution is -0.140. The third-order valence-electron chi connectivity index (χ3n) is 6.36. The number of aliphatic hydroxyl groups excluding tert-OH is 1. The van der Waals surface area contributed by atoms with E-state index < -0.39 is 17.7 Å². The number of nitrogens with zero attached hydrogens (tertiary/aromatic N) is 3. The summed E-state index contributed by atoms with van der Waals surface area (Å²) in [4.78, 5) is 32.1. The van der Waals surface area contributed by atoms with E-state index in [1.807, 2.05) is 43.3 Å². The maximum Gasteiger partial charge on any atom is 0.295 e. The maximum atomic E-state index is 13.2. The number of rotatable bonds is 7. The van der Waals surface area contributed by atoms with Gasteiger partial charge in [0.2, 0.25) is 0 Å². The Morgan fingerprint density at radius 1 is 1.03 bits per heavy atom. The molecular formula is C26H30ClN3O4. The molecule has 2 heterocycles. The molecule has 2 fully saturated rings. The van der Waals surface area contributed by atoms with Gasteiger partial charge in [0, 0.05) is 56.5 Å². The highest BCUT2D eigenvalue weighted by molar-refractivity contribution is 6.46. The lowest BCUT2D eigenvalue weighted by atomic mass is 9.95. The highest BCUT2D eigenvalue weighted by Gasteiger charge is 2.45. The van der Waals surface area contributed by atoms with Gasteiger partial charge in [-0.25, -0.2) is 0 Å². The number of ketones is 1. The molecule has 1 amide bonds. The molecule has 0 aliphatic carbocycles. The molecule has 1 atom stereocenters. The Kier molecular flexibility index (Phi) is 7.56. The largest absolute Gasteiger partial charge is 0.507 e. The molecule has 0 aromatic heterocycles. The third kappa shape index (κ3) is 5.12. The van der Waals surface area contributed by atoms with Crippen LogP contribution in [0.2, 0.25) is 5.02 Å². The summed E-state index contributed by atoms with van der Waals surface area (Å²) >= 11 is 5.99. The second kappa shape index (κ2) is 10.6. The minimum atomic E-state index is -0.666. The Labute approximate surface area is 205 Å². The number of morpholine rings is 1. The molecule has 8 heteroatoms. The molecule has 180 valence electrons. The first-order valence-electron chi connectivity index (χ1n) is 11.5. The molecule has 4 rings (SSSR count). The van der Waals surface area contributed by atoms with Gasteiger partial charge in [0.15, 0.2) is 0 Å². The number of Topliss-reactive ketones (excluding diaryl/α,β-unsaturated/α-hetero) is 1. The van der Waals surface area contributed by atoms with E-state index >= 15 is 0 Å². The minimum absolute atomic E-state index is 0.108. The van der Waals surface area contributed by atoms with Crippen LogP contribution in [0.5, 0.6) is 0 Å². The predicted octanol–water partition coefficient (Wildman–Crippen LogP) is 3.55. The number of amides is 1. The van der Waals surface area contributed by atoms with Crippen LogP contribution in [0.4, 0.5) is 5.69 Å². The third-order valence-corrected chi connectivity index (χ3v) is 6.61. The summed E-state index contributed by atoms with van der Waals surface area (Å²) in [5, 5.41) is 11.7. The Balaban J connectivity index is 1.67. The van der Waals surface area contributed by atoms with Crippen molar-refractivity contribution in [2.24, 2.45) is 0 Å². The van der Waals surface area contributed by atoms with Gasteiger partial charge in [0.1, 0.15) is 5.76 Å². The van der Waals surface area contributed by atoms with Crippen LogP contribution in [0.3, 0.4) is 0 Å². The summed E-state index contributed by atoms with van der Waals surface area (Å²) in [5.74, 6) is -1.44. The number of ether oxygens (including phenoxy) is 1. The molecule has 2 aromatic carbocycles. The average Bonchev–Trinajstić information content (AvgIpc) is 3.10. The molecule has 0 bridgehead atoms. The zero-order valence-corrected chi connectivity index (χ0v) is 20.3. The van der Waals surface area contributed by atoms with Gasteiger partial charge in [-0.15, -0.1) is 0 Å². The number of likely N-dealkylation sites (tertiary alicyclic amines) is 1. The fourth-order valence-electron chi connectivity index (χ4n) is 4.46. The van der Waals surface area contributed by atoms with E-state index in [2.05, 4.69) is 4.90 Å². The van der Waals surface area contributed by atoms with E-state index in [0.717, 1.165) is 37.3 Å². The molecule has 0 unspecified atom stereocenters. The van der Waals surface area contributed by atoms with Gasteiger partial charge >= 0.3 is 0 Å². The second-order valence-electron chi connectivity index (χ2n) is 8.79. The van der Waals surface area contributed by atoms with Gasteiger partial charge in [-0.3, -0.25) is 14.5 Å². The highest BCUT2D eigenvalue weighted by Crippen LogP contribution is 2.40. The fourth-order valence-corrected chi connectivity index (χ4v) is 4.59. The molecule has 0 radical (unpaired) electrons. The molecule has 1 N–H and O–H groups in total. The van der Waals surface area contributed by atoms with Crippen LogP contribution in [-0.4, -0.2) is 80.1 Å². The molecule has 34 heavy (non-hydrogen) atoms. The molecule has 2 aliphatic heterocycles. The van der Waals surface area contributed by atoms with Crippen LogP contribution >= 0.6 is 11.6 Å². The number of hydrogen-bond acceptors (Lipinski definition) is 6. The van der Waals surface area contributed by atoms with Crippen molar-refractivity contribution in [3.05, 3.63) is 70.3 Å². The first-order valence-corrected chi connectivity index (χ1v) is 11.9. The zero-order valence-electron chi connectivity index (χ0n) is 19.5. The Bertz CT molecular complexity index is 1060. The lowest BCUT2D eigenvalue weighted by Crippen LogP contribution is -2.38. The maximum absolute atomic E-state index is 13.2. The van der Waals surface area contributed by atoms with E-state index in [1.54, 1.807) is 29.2 Å². The van der Waals surface area contributed by atoms with Gasteiger partial charge in [0.05, 0.1) is 24.8 Å². The minimum Gasteiger partial charge on any atom is -0.507 e. The molecule has 7 nitrogen and oxygen atoms in total. The van der Waals surface area contributed by atoms with Crippen LogP contribution in [-0.2, 0) is 14.3 Å². The monoisotopic (exact) mass is 483 g/mol. The second-order valence-corrected chi connectivity index (χ2v) is 9.23. The number of hydrogen-bond donors (Lipinski definition) is 1. The first kappa shape index (κ1) is 24.3. The van der Waals surface area contributed by atoms with E-state index in [4.69, 9.17) is 16.3 Å². The van der Waals surface area contributed by atoms with Crippen LogP contribution in [0.25, 0.3) is 5.76 Å². The first-order chi connectivity index (χ1) is 16.4. The van der Waals surface area contributed by atoms with Crippen molar-refractivity contribution in [1.29, 1.82) is 0 Å². The van der Waals surface area contributed by atoms with Gasteiger partial charge in [-0.2, -0.15) is 0 Å². The van der Waals surface area contributed by atoms with Crippen molar-refractivity contribution in [3.8, 4) is 0 Å². The van der Waals surface area contributed by atoms with Gasteiger partial charge < -0.3 is 19.6 Å². The molecule has 2 aliphatic rings. The number of benzene rings is 2. The molecular weight excluding hydrogens is 454 g/mol. The van der Waals surface area contributed by atoms with Crippen molar-refractivity contribution in [1.82, 2.24) is 9.80 Å². The summed E-state index contributed by atoms with van der Waals surface area (Å²) < 4.78 is 5.41. The molecule has 2 saturated heterocycles. The smallest absolute Gasteiger partial charge is 0.295 e. The topological polar surface area (TPSA) is 73.3 Å². The van der Waals surface area contributed by atoms with Gasteiger partial charge in [-0.1, -0.05) is 23.7 Å². The quantitative estimate of drug-likeness (QED) is 0.369. The number of carbonyl (C=O) groups excluding carboxylic acids is 2. The molecule has 0 saturated carbocycles. The van der Waals surface area contributed by atoms with E-state index in [-0.39, 0.29) is 11.3 Å². The summed E-state index contributed by atoms with van der Waals surface area (Å²) in [5.41, 5.74) is 2.35. The number of halogens is 1. The predicted molar refractivity (Wildman–Crippen MR) is 133 cm³/mol. The Hall–Kier alpha value is -2.87. The van der Waals surface area contributed by atoms with Crippen molar-refractivity contribution in [2.45, 2.75) is 12.5 Å². The van der Waals surface area contributed by atoms with E-state index in [9.17, 15) is 14.7 Å². The van der Waals surface area contributed by atoms with Crippen molar-refractivity contribution < 1.29 is 19.4 Å². The van der Waals surface area contributed by atoms with Crippen molar-refractivity contribution >= 4 is 34.7 Å². The summed E-state index contributed by atoms with van der Waals surface area (Å²) in [6.07, 6.45) is 0.723.